The normalized spacial score (nSPS) is 10.5. The van der Waals surface area contributed by atoms with E-state index in [1.807, 2.05) is 30.3 Å². The Bertz CT molecular complexity index is 1190. The number of hydrogen-bond acceptors (Lipinski definition) is 5. The molecule has 8 nitrogen and oxygen atoms in total. The summed E-state index contributed by atoms with van der Waals surface area (Å²) in [6, 6.07) is 20.7. The van der Waals surface area contributed by atoms with E-state index in [9.17, 15) is 14.4 Å². The van der Waals surface area contributed by atoms with Crippen molar-refractivity contribution >= 4 is 52.8 Å². The Kier molecular flexibility index (Phi) is 9.02. The van der Waals surface area contributed by atoms with Gasteiger partial charge in [-0.1, -0.05) is 53.5 Å². The van der Waals surface area contributed by atoms with Crippen LogP contribution in [0.2, 0.25) is 10.0 Å². The van der Waals surface area contributed by atoms with Gasteiger partial charge in [-0.3, -0.25) is 14.4 Å². The molecule has 0 aliphatic heterocycles. The standard InChI is InChI=1S/C24H20Cl2N4O4/c25-20-11-8-18(12-21(20)26)29-23(32)24(33)30-28-14-17-6-9-19(10-7-17)34-15-22(31)27-13-16-4-2-1-3-5-16/h1-12,14H,13,15H2,(H,27,31)(H,29,32)(H,30,33)/b28-14-. The predicted molar refractivity (Wildman–Crippen MR) is 131 cm³/mol. The molecule has 3 rings (SSSR count). The summed E-state index contributed by atoms with van der Waals surface area (Å²) in [6.45, 7) is 0.305. The van der Waals surface area contributed by atoms with E-state index < -0.39 is 11.8 Å². The largest absolute Gasteiger partial charge is 0.484 e. The molecule has 0 aliphatic carbocycles. The first-order valence-corrected chi connectivity index (χ1v) is 10.8. The molecule has 10 heteroatoms. The average Bonchev–Trinajstić information content (AvgIpc) is 2.85. The zero-order valence-corrected chi connectivity index (χ0v) is 19.3. The summed E-state index contributed by atoms with van der Waals surface area (Å²) in [4.78, 5) is 35.7. The summed E-state index contributed by atoms with van der Waals surface area (Å²) in [5.74, 6) is -1.61. The molecule has 3 aromatic rings. The molecular weight excluding hydrogens is 479 g/mol. The minimum atomic E-state index is -0.955. The van der Waals surface area contributed by atoms with Crippen molar-refractivity contribution in [2.45, 2.75) is 6.54 Å². The van der Waals surface area contributed by atoms with Gasteiger partial charge in [-0.05, 0) is 53.6 Å². The molecule has 0 spiro atoms. The van der Waals surface area contributed by atoms with Gasteiger partial charge in [0.1, 0.15) is 5.75 Å². The second-order valence-electron chi connectivity index (χ2n) is 6.90. The number of hydrogen-bond donors (Lipinski definition) is 3. The molecule has 0 heterocycles. The van der Waals surface area contributed by atoms with Gasteiger partial charge in [-0.2, -0.15) is 5.10 Å². The van der Waals surface area contributed by atoms with Crippen LogP contribution in [0.5, 0.6) is 5.75 Å². The van der Waals surface area contributed by atoms with Crippen LogP contribution in [0.1, 0.15) is 11.1 Å². The molecule has 174 valence electrons. The van der Waals surface area contributed by atoms with Crippen LogP contribution in [0, 0.1) is 0 Å². The van der Waals surface area contributed by atoms with Crippen LogP contribution >= 0.6 is 23.2 Å². The number of rotatable bonds is 8. The first-order chi connectivity index (χ1) is 16.4. The third-order valence-corrected chi connectivity index (χ3v) is 5.08. The van der Waals surface area contributed by atoms with E-state index in [4.69, 9.17) is 27.9 Å². The van der Waals surface area contributed by atoms with E-state index in [0.717, 1.165) is 5.56 Å². The topological polar surface area (TPSA) is 109 Å². The third kappa shape index (κ3) is 7.91. The van der Waals surface area contributed by atoms with Gasteiger partial charge in [-0.15, -0.1) is 0 Å². The fraction of sp³-hybridized carbons (Fsp3) is 0.0833. The van der Waals surface area contributed by atoms with E-state index >= 15 is 0 Å². The van der Waals surface area contributed by atoms with Crippen LogP contribution in [-0.2, 0) is 20.9 Å². The van der Waals surface area contributed by atoms with E-state index in [1.54, 1.807) is 24.3 Å². The summed E-state index contributed by atoms with van der Waals surface area (Å²) < 4.78 is 5.46. The molecule has 0 aromatic heterocycles. The van der Waals surface area contributed by atoms with Crippen LogP contribution in [0.3, 0.4) is 0 Å². The van der Waals surface area contributed by atoms with Crippen molar-refractivity contribution in [2.75, 3.05) is 11.9 Å². The van der Waals surface area contributed by atoms with Crippen molar-refractivity contribution in [3.8, 4) is 5.75 Å². The summed E-state index contributed by atoms with van der Waals surface area (Å²) >= 11 is 11.7. The molecule has 0 fully saturated rings. The first kappa shape index (κ1) is 24.8. The Morgan fingerprint density at radius 2 is 1.62 bits per heavy atom. The lowest BCUT2D eigenvalue weighted by molar-refractivity contribution is -0.136. The van der Waals surface area contributed by atoms with Crippen LogP contribution < -0.4 is 20.8 Å². The number of nitrogens with one attached hydrogen (secondary N) is 3. The van der Waals surface area contributed by atoms with Crippen molar-refractivity contribution in [1.82, 2.24) is 10.7 Å². The fourth-order valence-corrected chi connectivity index (χ4v) is 2.92. The van der Waals surface area contributed by atoms with Crippen molar-refractivity contribution < 1.29 is 19.1 Å². The Morgan fingerprint density at radius 3 is 2.32 bits per heavy atom. The van der Waals surface area contributed by atoms with E-state index in [0.29, 0.717) is 28.6 Å². The molecule has 3 amide bonds. The number of nitrogens with zero attached hydrogens (tertiary/aromatic N) is 1. The number of halogens is 2. The molecule has 3 N–H and O–H groups in total. The van der Waals surface area contributed by atoms with Gasteiger partial charge in [0.2, 0.25) is 0 Å². The summed E-state index contributed by atoms with van der Waals surface area (Å²) in [6.07, 6.45) is 1.36. The van der Waals surface area contributed by atoms with Gasteiger partial charge < -0.3 is 15.4 Å². The molecule has 3 aromatic carbocycles. The maximum atomic E-state index is 11.9. The zero-order chi connectivity index (χ0) is 24.3. The van der Waals surface area contributed by atoms with Crippen molar-refractivity contribution in [2.24, 2.45) is 5.10 Å². The van der Waals surface area contributed by atoms with E-state index in [-0.39, 0.29) is 17.5 Å². The number of anilines is 1. The van der Waals surface area contributed by atoms with Crippen LogP contribution in [-0.4, -0.2) is 30.5 Å². The average molecular weight is 499 g/mol. The number of hydrazone groups is 1. The summed E-state index contributed by atoms with van der Waals surface area (Å²) in [7, 11) is 0. The Balaban J connectivity index is 1.40. The molecule has 0 aliphatic rings. The molecular formula is C24H20Cl2N4O4. The quantitative estimate of drug-likeness (QED) is 0.249. The molecule has 0 atom stereocenters. The smallest absolute Gasteiger partial charge is 0.329 e. The Labute approximate surface area is 205 Å². The predicted octanol–water partition coefficient (Wildman–Crippen LogP) is 3.78. The number of ether oxygens (including phenoxy) is 1. The summed E-state index contributed by atoms with van der Waals surface area (Å²) in [5, 5.41) is 9.50. The van der Waals surface area contributed by atoms with Gasteiger partial charge in [0.25, 0.3) is 5.91 Å². The van der Waals surface area contributed by atoms with Gasteiger partial charge in [0, 0.05) is 12.2 Å². The number of benzene rings is 3. The molecule has 0 saturated carbocycles. The van der Waals surface area contributed by atoms with Crippen LogP contribution in [0.4, 0.5) is 5.69 Å². The SMILES string of the molecule is O=C(COc1ccc(/C=N\NC(=O)C(=O)Nc2ccc(Cl)c(Cl)c2)cc1)NCc1ccccc1. The van der Waals surface area contributed by atoms with Crippen molar-refractivity contribution in [1.29, 1.82) is 0 Å². The summed E-state index contributed by atoms with van der Waals surface area (Å²) in [5.41, 5.74) is 4.10. The van der Waals surface area contributed by atoms with Crippen molar-refractivity contribution in [3.05, 3.63) is 94.0 Å². The van der Waals surface area contributed by atoms with Gasteiger partial charge >= 0.3 is 11.8 Å². The van der Waals surface area contributed by atoms with Gasteiger partial charge in [-0.25, -0.2) is 5.43 Å². The lowest BCUT2D eigenvalue weighted by Gasteiger charge is -2.08. The molecule has 0 saturated heterocycles. The van der Waals surface area contributed by atoms with Crippen molar-refractivity contribution in [3.63, 3.8) is 0 Å². The third-order valence-electron chi connectivity index (χ3n) is 4.35. The van der Waals surface area contributed by atoms with Crippen LogP contribution in [0.15, 0.2) is 77.9 Å². The van der Waals surface area contributed by atoms with E-state index in [2.05, 4.69) is 21.2 Å². The molecule has 0 bridgehead atoms. The van der Waals surface area contributed by atoms with Gasteiger partial charge in [0.05, 0.1) is 16.3 Å². The van der Waals surface area contributed by atoms with Gasteiger partial charge in [0.15, 0.2) is 6.61 Å². The maximum absolute atomic E-state index is 11.9. The number of amides is 3. The highest BCUT2D eigenvalue weighted by Gasteiger charge is 2.13. The number of carbonyl (C=O) groups excluding carboxylic acids is 3. The second kappa shape index (κ2) is 12.4. The molecule has 0 unspecified atom stereocenters. The zero-order valence-electron chi connectivity index (χ0n) is 17.8. The minimum Gasteiger partial charge on any atom is -0.484 e. The second-order valence-corrected chi connectivity index (χ2v) is 7.72. The number of carbonyl (C=O) groups is 3. The monoisotopic (exact) mass is 498 g/mol. The van der Waals surface area contributed by atoms with Crippen LogP contribution in [0.25, 0.3) is 0 Å². The van der Waals surface area contributed by atoms with E-state index in [1.165, 1.54) is 24.4 Å². The molecule has 34 heavy (non-hydrogen) atoms. The maximum Gasteiger partial charge on any atom is 0.329 e. The Hall–Kier alpha value is -3.88. The minimum absolute atomic E-state index is 0.121. The highest BCUT2D eigenvalue weighted by molar-refractivity contribution is 6.43. The molecule has 0 radical (unpaired) electrons. The first-order valence-electron chi connectivity index (χ1n) is 10.0. The fourth-order valence-electron chi connectivity index (χ4n) is 2.62. The Morgan fingerprint density at radius 1 is 0.882 bits per heavy atom. The highest BCUT2D eigenvalue weighted by Crippen LogP contribution is 2.24. The lowest BCUT2D eigenvalue weighted by atomic mass is 10.2. The highest BCUT2D eigenvalue weighted by atomic mass is 35.5. The lowest BCUT2D eigenvalue weighted by Crippen LogP contribution is -2.32.